The van der Waals surface area contributed by atoms with Crippen molar-refractivity contribution in [2.24, 2.45) is 0 Å². The molecule has 0 nitrogen and oxygen atoms in total. The van der Waals surface area contributed by atoms with E-state index in [9.17, 15) is 0 Å². The second-order valence-electron chi connectivity index (χ2n) is 8.22. The Balaban J connectivity index is 1.98. The highest BCUT2D eigenvalue weighted by Crippen LogP contribution is 2.57. The first-order valence-electron chi connectivity index (χ1n) is 9.56. The molecular formula is C26H20S. The van der Waals surface area contributed by atoms with Gasteiger partial charge in [0.2, 0.25) is 0 Å². The van der Waals surface area contributed by atoms with Crippen molar-refractivity contribution in [3.05, 3.63) is 83.4 Å². The molecule has 0 radical (unpaired) electrons. The molecule has 4 aromatic carbocycles. The van der Waals surface area contributed by atoms with Crippen molar-refractivity contribution in [2.75, 3.05) is 0 Å². The van der Waals surface area contributed by atoms with Crippen LogP contribution >= 0.6 is 11.3 Å². The van der Waals surface area contributed by atoms with Gasteiger partial charge in [-0.25, -0.2) is 0 Å². The van der Waals surface area contributed by atoms with Crippen LogP contribution in [0.1, 0.15) is 30.5 Å². The topological polar surface area (TPSA) is 0 Å². The normalized spacial score (nSPS) is 14.8. The van der Waals surface area contributed by atoms with Crippen LogP contribution in [0.15, 0.2) is 66.7 Å². The van der Waals surface area contributed by atoms with Gasteiger partial charge in [-0.05, 0) is 45.5 Å². The lowest BCUT2D eigenvalue weighted by Crippen LogP contribution is -2.15. The molecule has 130 valence electrons. The zero-order valence-corrected chi connectivity index (χ0v) is 16.6. The van der Waals surface area contributed by atoms with Gasteiger partial charge < -0.3 is 0 Å². The Morgan fingerprint density at radius 2 is 1.41 bits per heavy atom. The fourth-order valence-corrected chi connectivity index (χ4v) is 6.62. The fourth-order valence-electron chi connectivity index (χ4n) is 5.13. The van der Waals surface area contributed by atoms with Gasteiger partial charge in [-0.15, -0.1) is 11.3 Å². The predicted molar refractivity (Wildman–Crippen MR) is 119 cm³/mol. The third-order valence-corrected chi connectivity index (χ3v) is 7.71. The van der Waals surface area contributed by atoms with Gasteiger partial charge in [0.1, 0.15) is 0 Å². The summed E-state index contributed by atoms with van der Waals surface area (Å²) in [5.41, 5.74) is 7.21. The average molecular weight is 365 g/mol. The smallest absolute Gasteiger partial charge is 0.0409 e. The lowest BCUT2D eigenvalue weighted by molar-refractivity contribution is 0.667. The summed E-state index contributed by atoms with van der Waals surface area (Å²) < 4.78 is 2.90. The van der Waals surface area contributed by atoms with Crippen LogP contribution in [0.5, 0.6) is 0 Å². The van der Waals surface area contributed by atoms with E-state index in [0.717, 1.165) is 0 Å². The summed E-state index contributed by atoms with van der Waals surface area (Å²) >= 11 is 1.98. The van der Waals surface area contributed by atoms with Crippen molar-refractivity contribution in [1.29, 1.82) is 0 Å². The largest absolute Gasteiger partial charge is 0.135 e. The molecule has 0 amide bonds. The Morgan fingerprint density at radius 1 is 0.704 bits per heavy atom. The summed E-state index contributed by atoms with van der Waals surface area (Å²) in [7, 11) is 0. The van der Waals surface area contributed by atoms with Gasteiger partial charge in [0.15, 0.2) is 0 Å². The second-order valence-corrected chi connectivity index (χ2v) is 9.24. The monoisotopic (exact) mass is 364 g/mol. The van der Waals surface area contributed by atoms with E-state index < -0.39 is 0 Å². The first kappa shape index (κ1) is 15.4. The van der Waals surface area contributed by atoms with E-state index in [1.54, 1.807) is 0 Å². The van der Waals surface area contributed by atoms with E-state index in [2.05, 4.69) is 87.5 Å². The van der Waals surface area contributed by atoms with E-state index in [4.69, 9.17) is 0 Å². The van der Waals surface area contributed by atoms with E-state index in [1.807, 2.05) is 11.3 Å². The molecule has 0 saturated heterocycles. The number of hydrogen-bond donors (Lipinski definition) is 0. The van der Waals surface area contributed by atoms with Crippen LogP contribution in [0.2, 0.25) is 0 Å². The molecule has 1 aliphatic carbocycles. The van der Waals surface area contributed by atoms with Crippen molar-refractivity contribution in [1.82, 2.24) is 0 Å². The van der Waals surface area contributed by atoms with Crippen molar-refractivity contribution >= 4 is 42.3 Å². The van der Waals surface area contributed by atoms with Crippen molar-refractivity contribution < 1.29 is 0 Å². The molecule has 0 atom stereocenters. The highest BCUT2D eigenvalue weighted by molar-refractivity contribution is 7.26. The standard InChI is InChI=1S/C26H20S/c1-15-9-8-13-19-22-17-11-5-4-10-16(17)21-18-12-6-7-14-20(18)26(2,3)23(21)25(22)27-24(15)19/h4-14H,1-3H3. The molecule has 0 fully saturated rings. The molecule has 27 heavy (non-hydrogen) atoms. The molecule has 5 aromatic rings. The summed E-state index contributed by atoms with van der Waals surface area (Å²) in [6, 6.07) is 24.7. The van der Waals surface area contributed by atoms with Crippen LogP contribution in [-0.2, 0) is 5.41 Å². The molecule has 0 N–H and O–H groups in total. The maximum Gasteiger partial charge on any atom is 0.0409 e. The van der Waals surface area contributed by atoms with E-state index in [1.165, 1.54) is 58.8 Å². The van der Waals surface area contributed by atoms with Gasteiger partial charge in [-0.1, -0.05) is 80.6 Å². The third kappa shape index (κ3) is 1.78. The van der Waals surface area contributed by atoms with Crippen LogP contribution in [0.3, 0.4) is 0 Å². The number of benzene rings is 4. The van der Waals surface area contributed by atoms with Crippen LogP contribution in [0.25, 0.3) is 42.1 Å². The minimum Gasteiger partial charge on any atom is -0.135 e. The predicted octanol–water partition coefficient (Wildman–Crippen LogP) is 7.82. The Kier molecular flexibility index (Phi) is 2.85. The highest BCUT2D eigenvalue weighted by atomic mass is 32.1. The van der Waals surface area contributed by atoms with Crippen LogP contribution in [0.4, 0.5) is 0 Å². The van der Waals surface area contributed by atoms with Gasteiger partial charge in [0.25, 0.3) is 0 Å². The summed E-state index contributed by atoms with van der Waals surface area (Å²) in [5, 5.41) is 5.62. The minimum atomic E-state index is 0.0169. The molecule has 0 bridgehead atoms. The third-order valence-electron chi connectivity index (χ3n) is 6.35. The quantitative estimate of drug-likeness (QED) is 0.263. The first-order valence-corrected chi connectivity index (χ1v) is 10.4. The fraction of sp³-hybridized carbons (Fsp3) is 0.154. The number of rotatable bonds is 0. The van der Waals surface area contributed by atoms with E-state index >= 15 is 0 Å². The van der Waals surface area contributed by atoms with Crippen LogP contribution < -0.4 is 0 Å². The molecule has 0 aliphatic heterocycles. The Labute approximate surface area is 163 Å². The second kappa shape index (κ2) is 4.99. The first-order chi connectivity index (χ1) is 13.1. The number of hydrogen-bond acceptors (Lipinski definition) is 1. The van der Waals surface area contributed by atoms with Crippen molar-refractivity contribution in [3.63, 3.8) is 0 Å². The molecule has 1 heterocycles. The highest BCUT2D eigenvalue weighted by Gasteiger charge is 2.39. The van der Waals surface area contributed by atoms with Crippen LogP contribution in [-0.4, -0.2) is 0 Å². The Hall–Kier alpha value is -2.64. The maximum absolute atomic E-state index is 2.39. The van der Waals surface area contributed by atoms with Gasteiger partial charge in [-0.3, -0.25) is 0 Å². The maximum atomic E-state index is 2.39. The molecule has 0 unspecified atom stereocenters. The van der Waals surface area contributed by atoms with Crippen LogP contribution in [0, 0.1) is 6.92 Å². The summed E-state index contributed by atoms with van der Waals surface area (Å²) in [4.78, 5) is 0. The van der Waals surface area contributed by atoms with E-state index in [-0.39, 0.29) is 5.41 Å². The average Bonchev–Trinajstić information content (AvgIpc) is 3.17. The number of fused-ring (bicyclic) bond motifs is 10. The zero-order valence-electron chi connectivity index (χ0n) is 15.8. The van der Waals surface area contributed by atoms with Gasteiger partial charge in [-0.2, -0.15) is 0 Å². The molecule has 0 saturated carbocycles. The molecule has 0 spiro atoms. The van der Waals surface area contributed by atoms with Gasteiger partial charge >= 0.3 is 0 Å². The lowest BCUT2D eigenvalue weighted by atomic mass is 9.81. The molecule has 1 aromatic heterocycles. The van der Waals surface area contributed by atoms with Gasteiger partial charge in [0, 0.05) is 25.6 Å². The molecule has 1 aliphatic rings. The summed E-state index contributed by atoms with van der Waals surface area (Å²) in [5.74, 6) is 0. The van der Waals surface area contributed by atoms with Crippen molar-refractivity contribution in [3.8, 4) is 11.1 Å². The minimum absolute atomic E-state index is 0.0169. The molecular weight excluding hydrogens is 344 g/mol. The molecule has 6 rings (SSSR count). The lowest BCUT2D eigenvalue weighted by Gasteiger charge is -2.22. The SMILES string of the molecule is Cc1cccc2c1sc1c3c(c4ccccc4c12)-c1ccccc1C3(C)C. The Bertz CT molecular complexity index is 1400. The van der Waals surface area contributed by atoms with E-state index in [0.29, 0.717) is 0 Å². The number of thiophene rings is 1. The zero-order chi connectivity index (χ0) is 18.3. The van der Waals surface area contributed by atoms with Crippen molar-refractivity contribution in [2.45, 2.75) is 26.2 Å². The summed E-state index contributed by atoms with van der Waals surface area (Å²) in [6.07, 6.45) is 0. The Morgan fingerprint density at radius 3 is 2.26 bits per heavy atom. The molecule has 1 heteroatoms. The summed E-state index contributed by atoms with van der Waals surface area (Å²) in [6.45, 7) is 7.02. The number of aryl methyl sites for hydroxylation is 1. The van der Waals surface area contributed by atoms with Gasteiger partial charge in [0.05, 0.1) is 0 Å².